The number of amides is 2. The molecule has 49 heavy (non-hydrogen) atoms. The Morgan fingerprint density at radius 3 is 2.55 bits per heavy atom. The largest absolute Gasteiger partial charge is 0.493 e. The molecule has 0 fully saturated rings. The fourth-order valence-corrected chi connectivity index (χ4v) is 6.12. The summed E-state index contributed by atoms with van der Waals surface area (Å²) in [6, 6.07) is 9.32. The molecule has 0 radical (unpaired) electrons. The van der Waals surface area contributed by atoms with Crippen LogP contribution in [0.5, 0.6) is 17.2 Å². The lowest BCUT2D eigenvalue weighted by Gasteiger charge is -2.24. The number of aromatic nitrogens is 2. The Hall–Kier alpha value is -5.33. The molecule has 3 atom stereocenters. The van der Waals surface area contributed by atoms with E-state index in [1.807, 2.05) is 26.0 Å². The molecule has 0 saturated carbocycles. The number of methoxy groups -OCH3 is 3. The van der Waals surface area contributed by atoms with Gasteiger partial charge in [0, 0.05) is 25.5 Å². The first-order chi connectivity index (χ1) is 23.7. The van der Waals surface area contributed by atoms with E-state index < -0.39 is 12.1 Å². The quantitative estimate of drug-likeness (QED) is 0.153. The number of aryl methyl sites for hydroxylation is 2. The molecule has 1 aliphatic rings. The summed E-state index contributed by atoms with van der Waals surface area (Å²) in [7, 11) is 4.65. The number of benzene rings is 1. The maximum absolute atomic E-state index is 13.9. The van der Waals surface area contributed by atoms with E-state index in [0.29, 0.717) is 84.5 Å². The van der Waals surface area contributed by atoms with Gasteiger partial charge in [-0.15, -0.1) is 0 Å². The SMILES string of the molecule is CC[C@@H](C)[C@H](Nc1ccc2c(cc1=O)[C@@H](NC(C)=O)CCc1cc(OC)c(OC)c(OC)c1-2)C(=O)NCCCc1nc(-c2ccco2)no1. The number of hydrogen-bond acceptors (Lipinski definition) is 11. The van der Waals surface area contributed by atoms with Crippen molar-refractivity contribution in [1.82, 2.24) is 20.8 Å². The van der Waals surface area contributed by atoms with Crippen molar-refractivity contribution in [2.75, 3.05) is 33.2 Å². The Bertz CT molecular complexity index is 1840. The molecule has 4 aromatic rings. The minimum absolute atomic E-state index is 0.0980. The molecule has 13 nitrogen and oxygen atoms in total. The van der Waals surface area contributed by atoms with Gasteiger partial charge in [0.15, 0.2) is 17.3 Å². The summed E-state index contributed by atoms with van der Waals surface area (Å²) in [5.41, 5.74) is 2.95. The van der Waals surface area contributed by atoms with Gasteiger partial charge in [0.05, 0.1) is 39.3 Å². The van der Waals surface area contributed by atoms with Gasteiger partial charge < -0.3 is 39.1 Å². The van der Waals surface area contributed by atoms with Gasteiger partial charge in [0.1, 0.15) is 6.04 Å². The van der Waals surface area contributed by atoms with Crippen molar-refractivity contribution in [1.29, 1.82) is 0 Å². The van der Waals surface area contributed by atoms with Crippen molar-refractivity contribution in [3.8, 4) is 40.0 Å². The number of hydrogen-bond donors (Lipinski definition) is 3. The molecule has 0 unspecified atom stereocenters. The lowest BCUT2D eigenvalue weighted by molar-refractivity contribution is -0.123. The third-order valence-corrected chi connectivity index (χ3v) is 8.80. The number of nitrogens with zero attached hydrogens (tertiary/aromatic N) is 2. The number of ether oxygens (including phenoxy) is 3. The van der Waals surface area contributed by atoms with Crippen molar-refractivity contribution in [3.05, 3.63) is 69.9 Å². The van der Waals surface area contributed by atoms with Crippen LogP contribution in [0.4, 0.5) is 5.69 Å². The van der Waals surface area contributed by atoms with Crippen LogP contribution in [0, 0.1) is 5.92 Å². The van der Waals surface area contributed by atoms with Gasteiger partial charge in [0.2, 0.25) is 34.7 Å². The van der Waals surface area contributed by atoms with Crippen LogP contribution in [0.2, 0.25) is 0 Å². The Morgan fingerprint density at radius 1 is 1.08 bits per heavy atom. The summed E-state index contributed by atoms with van der Waals surface area (Å²) in [6.07, 6.45) is 4.40. The van der Waals surface area contributed by atoms with Gasteiger partial charge in [-0.2, -0.15) is 4.98 Å². The highest BCUT2D eigenvalue weighted by Gasteiger charge is 2.30. The maximum atomic E-state index is 13.9. The highest BCUT2D eigenvalue weighted by atomic mass is 16.5. The third-order valence-electron chi connectivity index (χ3n) is 8.80. The summed E-state index contributed by atoms with van der Waals surface area (Å²) in [6.45, 7) is 5.77. The molecule has 0 aliphatic heterocycles. The Morgan fingerprint density at radius 2 is 1.88 bits per heavy atom. The molecule has 2 heterocycles. The molecule has 2 amide bonds. The molecule has 0 saturated heterocycles. The van der Waals surface area contributed by atoms with Crippen molar-refractivity contribution < 1.29 is 32.7 Å². The lowest BCUT2D eigenvalue weighted by Crippen LogP contribution is -2.44. The van der Waals surface area contributed by atoms with E-state index in [-0.39, 0.29) is 28.8 Å². The normalized spacial score (nSPS) is 14.8. The number of furan rings is 1. The predicted molar refractivity (Wildman–Crippen MR) is 183 cm³/mol. The van der Waals surface area contributed by atoms with Gasteiger partial charge in [-0.1, -0.05) is 31.5 Å². The number of carbonyl (C=O) groups is 2. The first kappa shape index (κ1) is 35.0. The average molecular weight is 674 g/mol. The lowest BCUT2D eigenvalue weighted by atomic mass is 9.95. The first-order valence-electron chi connectivity index (χ1n) is 16.4. The van der Waals surface area contributed by atoms with Crippen molar-refractivity contribution >= 4 is 17.5 Å². The van der Waals surface area contributed by atoms with Crippen LogP contribution in [0.3, 0.4) is 0 Å². The van der Waals surface area contributed by atoms with Crippen LogP contribution in [0.15, 0.2) is 56.4 Å². The van der Waals surface area contributed by atoms with Crippen LogP contribution in [-0.2, 0) is 22.4 Å². The van der Waals surface area contributed by atoms with Crippen LogP contribution >= 0.6 is 0 Å². The van der Waals surface area contributed by atoms with Gasteiger partial charge in [-0.3, -0.25) is 14.4 Å². The molecular weight excluding hydrogens is 630 g/mol. The van der Waals surface area contributed by atoms with Gasteiger partial charge >= 0.3 is 0 Å². The van der Waals surface area contributed by atoms with Crippen LogP contribution in [0.1, 0.15) is 63.1 Å². The number of nitrogens with one attached hydrogen (secondary N) is 3. The fraction of sp³-hybridized carbons (Fsp3) is 0.417. The van der Waals surface area contributed by atoms with Crippen LogP contribution in [0.25, 0.3) is 22.7 Å². The van der Waals surface area contributed by atoms with E-state index in [4.69, 9.17) is 23.2 Å². The summed E-state index contributed by atoms with van der Waals surface area (Å²) >= 11 is 0. The second-order valence-electron chi connectivity index (χ2n) is 12.0. The maximum Gasteiger partial charge on any atom is 0.242 e. The molecule has 0 spiro atoms. The smallest absolute Gasteiger partial charge is 0.242 e. The predicted octanol–water partition coefficient (Wildman–Crippen LogP) is 5.08. The van der Waals surface area contributed by atoms with Gasteiger partial charge in [-0.05, 0) is 72.2 Å². The van der Waals surface area contributed by atoms with Crippen molar-refractivity contribution in [2.24, 2.45) is 5.92 Å². The fourth-order valence-electron chi connectivity index (χ4n) is 6.12. The minimum atomic E-state index is -0.689. The van der Waals surface area contributed by atoms with E-state index in [2.05, 4.69) is 26.1 Å². The zero-order chi connectivity index (χ0) is 35.1. The summed E-state index contributed by atoms with van der Waals surface area (Å²) in [5, 5.41) is 13.2. The molecule has 3 N–H and O–H groups in total. The molecular formula is C36H43N5O8. The molecule has 5 rings (SSSR count). The second-order valence-corrected chi connectivity index (χ2v) is 12.0. The van der Waals surface area contributed by atoms with Crippen molar-refractivity contribution in [2.45, 2.75) is 65.0 Å². The minimum Gasteiger partial charge on any atom is -0.493 e. The molecule has 260 valence electrons. The molecule has 2 aromatic carbocycles. The van der Waals surface area contributed by atoms with Crippen LogP contribution in [-0.4, -0.2) is 55.9 Å². The van der Waals surface area contributed by atoms with E-state index in [0.717, 1.165) is 11.1 Å². The van der Waals surface area contributed by atoms with E-state index in [1.165, 1.54) is 26.4 Å². The number of rotatable bonds is 14. The average Bonchev–Trinajstić information content (AvgIpc) is 3.75. The van der Waals surface area contributed by atoms with Crippen molar-refractivity contribution in [3.63, 3.8) is 0 Å². The highest BCUT2D eigenvalue weighted by molar-refractivity contribution is 5.86. The van der Waals surface area contributed by atoms with Gasteiger partial charge in [0.25, 0.3) is 0 Å². The van der Waals surface area contributed by atoms with E-state index in [1.54, 1.807) is 32.4 Å². The number of anilines is 1. The monoisotopic (exact) mass is 673 g/mol. The molecule has 13 heteroatoms. The Labute approximate surface area is 284 Å². The first-order valence-corrected chi connectivity index (χ1v) is 16.4. The standard InChI is InChI=1S/C36H43N5O8/c1-7-20(2)32(36(44)37-16-8-11-30-40-35(41-49-30)28-10-9-17-48-28)39-26-15-13-23-24(19-27(26)43)25(38-21(3)42)14-12-22-18-29(45-4)33(46-5)34(47-6)31(22)23/h9-10,13,15,17-20,25,32H,7-8,11-12,14,16H2,1-6H3,(H,37,44)(H,38,42)(H,39,43)/t20-,25+,32+/m1/s1. The summed E-state index contributed by atoms with van der Waals surface area (Å²) in [4.78, 5) is 44.1. The number of fused-ring (bicyclic) bond motifs is 3. The van der Waals surface area contributed by atoms with E-state index in [9.17, 15) is 14.4 Å². The molecule has 1 aliphatic carbocycles. The second kappa shape index (κ2) is 15.7. The van der Waals surface area contributed by atoms with E-state index >= 15 is 0 Å². The highest BCUT2D eigenvalue weighted by Crippen LogP contribution is 2.50. The Kier molecular flexibility index (Phi) is 11.2. The zero-order valence-corrected chi connectivity index (χ0v) is 28.7. The zero-order valence-electron chi connectivity index (χ0n) is 28.7. The molecule has 2 aromatic heterocycles. The Balaban J connectivity index is 1.42. The topological polar surface area (TPSA) is 167 Å². The third kappa shape index (κ3) is 7.71. The molecule has 0 bridgehead atoms. The van der Waals surface area contributed by atoms with Gasteiger partial charge in [-0.25, -0.2) is 0 Å². The number of carbonyl (C=O) groups excluding carboxylic acids is 2. The summed E-state index contributed by atoms with van der Waals surface area (Å²) in [5.74, 6) is 2.18. The summed E-state index contributed by atoms with van der Waals surface area (Å²) < 4.78 is 27.8. The van der Waals surface area contributed by atoms with Crippen LogP contribution < -0.4 is 35.6 Å².